The highest BCUT2D eigenvalue weighted by molar-refractivity contribution is 5.94. The molecule has 0 spiro atoms. The Bertz CT molecular complexity index is 915. The first kappa shape index (κ1) is 26.2. The molecular weight excluding hydrogens is 436 g/mol. The van der Waals surface area contributed by atoms with Crippen LogP contribution in [0.1, 0.15) is 90.2 Å². The largest absolute Gasteiger partial charge is 0.492 e. The molecule has 0 bridgehead atoms. The maximum Gasteiger partial charge on any atom is 0.223 e. The van der Waals surface area contributed by atoms with E-state index < -0.39 is 0 Å². The number of hydrogen-bond donors (Lipinski definition) is 1. The highest BCUT2D eigenvalue weighted by Gasteiger charge is 2.60. The van der Waals surface area contributed by atoms with Crippen molar-refractivity contribution < 1.29 is 14.3 Å². The van der Waals surface area contributed by atoms with E-state index in [4.69, 9.17) is 4.74 Å². The lowest BCUT2D eigenvalue weighted by molar-refractivity contribution is -0.130. The van der Waals surface area contributed by atoms with Gasteiger partial charge in [0.25, 0.3) is 0 Å². The standard InChI is InChI=1S/C28H40N2O3.C2H6/c1-4-29-27(32)24-17-25(31)28(3)12-11-22-21-10-8-20(16-19(21)7-9-23(22)26(24)28)33-15-14-30-13-5-6-18(30)2;1-2/h8,10,16,18,22-24,26H,4-7,9,11-15,17H2,1-3H3,(H,29,32);1-2H3/t18?,22?,23?,24-,26?,28?;/m0./s1. The van der Waals surface area contributed by atoms with Crippen LogP contribution in [0.25, 0.3) is 0 Å². The Kier molecular flexibility index (Phi) is 8.25. The third-order valence-electron chi connectivity index (χ3n) is 9.45. The maximum atomic E-state index is 13.0. The molecule has 1 heterocycles. The Labute approximate surface area is 212 Å². The van der Waals surface area contributed by atoms with Gasteiger partial charge in [0.05, 0.1) is 0 Å². The molecule has 6 atom stereocenters. The first-order valence-corrected chi connectivity index (χ1v) is 14.2. The second kappa shape index (κ2) is 11.0. The minimum Gasteiger partial charge on any atom is -0.492 e. The number of carbonyl (C=O) groups is 2. The minimum absolute atomic E-state index is 0.0853. The van der Waals surface area contributed by atoms with Gasteiger partial charge in [-0.3, -0.25) is 14.5 Å². The number of amides is 1. The monoisotopic (exact) mass is 482 g/mol. The number of aryl methyl sites for hydroxylation is 1. The van der Waals surface area contributed by atoms with Crippen molar-refractivity contribution in [2.75, 3.05) is 26.2 Å². The molecule has 3 fully saturated rings. The molecule has 0 radical (unpaired) electrons. The molecular formula is C30H46N2O3. The van der Waals surface area contributed by atoms with E-state index in [0.29, 0.717) is 36.6 Å². The van der Waals surface area contributed by atoms with E-state index in [-0.39, 0.29) is 23.2 Å². The average Bonchev–Trinajstić information content (AvgIpc) is 3.40. The summed E-state index contributed by atoms with van der Waals surface area (Å²) in [6.45, 7) is 14.0. The van der Waals surface area contributed by atoms with E-state index in [0.717, 1.165) is 44.6 Å². The van der Waals surface area contributed by atoms with Crippen LogP contribution in [-0.2, 0) is 16.0 Å². The summed E-state index contributed by atoms with van der Waals surface area (Å²) in [6.07, 6.45) is 7.05. The smallest absolute Gasteiger partial charge is 0.223 e. The summed E-state index contributed by atoms with van der Waals surface area (Å²) in [5, 5.41) is 3.01. The highest BCUT2D eigenvalue weighted by atomic mass is 16.5. The normalized spacial score (nSPS) is 33.7. The Hall–Kier alpha value is -1.88. The molecule has 5 nitrogen and oxygen atoms in total. The Morgan fingerprint density at radius 1 is 1.23 bits per heavy atom. The Balaban J connectivity index is 0.00000141. The van der Waals surface area contributed by atoms with Crippen LogP contribution in [0.15, 0.2) is 18.2 Å². The quantitative estimate of drug-likeness (QED) is 0.593. The molecule has 1 N–H and O–H groups in total. The number of ether oxygens (including phenoxy) is 1. The number of nitrogens with zero attached hydrogens (tertiary/aromatic N) is 1. The van der Waals surface area contributed by atoms with Gasteiger partial charge < -0.3 is 10.1 Å². The zero-order chi connectivity index (χ0) is 25.2. The van der Waals surface area contributed by atoms with Gasteiger partial charge in [0.2, 0.25) is 5.91 Å². The van der Waals surface area contributed by atoms with E-state index >= 15 is 0 Å². The molecule has 5 heteroatoms. The number of hydrogen-bond acceptors (Lipinski definition) is 4. The van der Waals surface area contributed by atoms with Crippen LogP contribution in [0, 0.1) is 23.2 Å². The predicted octanol–water partition coefficient (Wildman–Crippen LogP) is 5.36. The summed E-state index contributed by atoms with van der Waals surface area (Å²) in [4.78, 5) is 28.4. The topological polar surface area (TPSA) is 58.6 Å². The molecule has 0 aromatic heterocycles. The Morgan fingerprint density at radius 3 is 2.74 bits per heavy atom. The van der Waals surface area contributed by atoms with Gasteiger partial charge in [-0.2, -0.15) is 0 Å². The van der Waals surface area contributed by atoms with Gasteiger partial charge in [0.1, 0.15) is 18.1 Å². The van der Waals surface area contributed by atoms with Crippen LogP contribution in [0.2, 0.25) is 0 Å². The van der Waals surface area contributed by atoms with Crippen LogP contribution in [0.3, 0.4) is 0 Å². The van der Waals surface area contributed by atoms with E-state index in [1.165, 1.54) is 30.5 Å². The van der Waals surface area contributed by atoms with E-state index in [9.17, 15) is 9.59 Å². The third kappa shape index (κ3) is 4.90. The second-order valence-corrected chi connectivity index (χ2v) is 11.2. The number of ketones is 1. The lowest BCUT2D eigenvalue weighted by atomic mass is 9.54. The molecule has 5 unspecified atom stereocenters. The van der Waals surface area contributed by atoms with E-state index in [1.807, 2.05) is 20.8 Å². The molecule has 194 valence electrons. The first-order valence-electron chi connectivity index (χ1n) is 14.2. The van der Waals surface area contributed by atoms with Gasteiger partial charge in [-0.05, 0) is 99.9 Å². The predicted molar refractivity (Wildman–Crippen MR) is 141 cm³/mol. The van der Waals surface area contributed by atoms with Gasteiger partial charge in [0.15, 0.2) is 0 Å². The van der Waals surface area contributed by atoms with Gasteiger partial charge in [-0.1, -0.05) is 26.8 Å². The first-order chi connectivity index (χ1) is 16.9. The number of likely N-dealkylation sites (tertiary alicyclic amines) is 1. The zero-order valence-electron chi connectivity index (χ0n) is 22.6. The number of rotatable bonds is 6. The highest BCUT2D eigenvalue weighted by Crippen LogP contribution is 2.61. The van der Waals surface area contributed by atoms with Gasteiger partial charge >= 0.3 is 0 Å². The molecule has 4 aliphatic rings. The summed E-state index contributed by atoms with van der Waals surface area (Å²) < 4.78 is 6.15. The second-order valence-electron chi connectivity index (χ2n) is 11.2. The van der Waals surface area contributed by atoms with Crippen LogP contribution >= 0.6 is 0 Å². The lowest BCUT2D eigenvalue weighted by Gasteiger charge is -2.49. The molecule has 1 aromatic carbocycles. The summed E-state index contributed by atoms with van der Waals surface area (Å²) >= 11 is 0. The van der Waals surface area contributed by atoms with Crippen molar-refractivity contribution in [3.05, 3.63) is 29.3 Å². The fraction of sp³-hybridized carbons (Fsp3) is 0.733. The number of fused-ring (bicyclic) bond motifs is 5. The number of nitrogens with one attached hydrogen (secondary N) is 1. The molecule has 2 saturated carbocycles. The molecule has 1 saturated heterocycles. The molecule has 1 aromatic rings. The van der Waals surface area contributed by atoms with Crippen molar-refractivity contribution in [3.8, 4) is 5.75 Å². The fourth-order valence-corrected chi connectivity index (χ4v) is 7.69. The van der Waals surface area contributed by atoms with E-state index in [2.05, 4.69) is 42.3 Å². The van der Waals surface area contributed by atoms with Crippen molar-refractivity contribution in [1.82, 2.24) is 10.2 Å². The molecule has 1 amide bonds. The molecule has 5 rings (SSSR count). The van der Waals surface area contributed by atoms with Crippen molar-refractivity contribution in [2.24, 2.45) is 23.2 Å². The van der Waals surface area contributed by atoms with Crippen molar-refractivity contribution >= 4 is 11.7 Å². The maximum absolute atomic E-state index is 13.0. The number of carbonyl (C=O) groups excluding carboxylic acids is 2. The summed E-state index contributed by atoms with van der Waals surface area (Å²) in [5.41, 5.74) is 2.51. The SMILES string of the molecule is CC.CCNC(=O)[C@H]1CC(=O)C2(C)CCC3c4ccc(OCCN5CCCC5C)cc4CCC3C12. The van der Waals surface area contributed by atoms with Crippen LogP contribution in [-0.4, -0.2) is 48.9 Å². The van der Waals surface area contributed by atoms with Gasteiger partial charge in [0, 0.05) is 36.9 Å². The van der Waals surface area contributed by atoms with Gasteiger partial charge in [-0.25, -0.2) is 0 Å². The lowest BCUT2D eigenvalue weighted by Crippen LogP contribution is -2.46. The molecule has 35 heavy (non-hydrogen) atoms. The van der Waals surface area contributed by atoms with Crippen LogP contribution in [0.4, 0.5) is 0 Å². The Morgan fingerprint density at radius 2 is 2.03 bits per heavy atom. The van der Waals surface area contributed by atoms with Crippen LogP contribution < -0.4 is 10.1 Å². The number of benzene rings is 1. The molecule has 1 aliphatic heterocycles. The number of Topliss-reactive ketones (excluding diaryl/α,β-unsaturated/α-hetero) is 1. The minimum atomic E-state index is -0.329. The zero-order valence-corrected chi connectivity index (χ0v) is 22.6. The summed E-state index contributed by atoms with van der Waals surface area (Å²) in [6, 6.07) is 7.36. The van der Waals surface area contributed by atoms with Crippen molar-refractivity contribution in [2.45, 2.75) is 91.5 Å². The third-order valence-corrected chi connectivity index (χ3v) is 9.45. The van der Waals surface area contributed by atoms with Crippen molar-refractivity contribution in [1.29, 1.82) is 0 Å². The van der Waals surface area contributed by atoms with Crippen molar-refractivity contribution in [3.63, 3.8) is 0 Å². The van der Waals surface area contributed by atoms with E-state index in [1.54, 1.807) is 0 Å². The average molecular weight is 483 g/mol. The molecule has 3 aliphatic carbocycles. The fourth-order valence-electron chi connectivity index (χ4n) is 7.69. The summed E-state index contributed by atoms with van der Waals surface area (Å²) in [7, 11) is 0. The summed E-state index contributed by atoms with van der Waals surface area (Å²) in [5.74, 6) is 2.25. The van der Waals surface area contributed by atoms with Crippen LogP contribution in [0.5, 0.6) is 5.75 Å². The van der Waals surface area contributed by atoms with Gasteiger partial charge in [-0.15, -0.1) is 0 Å².